The molecule has 0 saturated heterocycles. The first-order chi connectivity index (χ1) is 14.5. The van der Waals surface area contributed by atoms with Gasteiger partial charge in [0.25, 0.3) is 0 Å². The molecule has 0 aliphatic heterocycles. The highest BCUT2D eigenvalue weighted by Gasteiger charge is 2.98. The van der Waals surface area contributed by atoms with Crippen molar-refractivity contribution in [2.45, 2.75) is 64.7 Å². The van der Waals surface area contributed by atoms with Crippen molar-refractivity contribution in [2.75, 3.05) is 0 Å². The average molecular weight is 602 g/mol. The molecule has 24 heteroatoms. The fourth-order valence-corrected chi connectivity index (χ4v) is 1.89. The molecule has 0 amide bonds. The molecule has 0 spiro atoms. The Morgan fingerprint density at radius 3 is 0.514 bits per heavy atom. The van der Waals surface area contributed by atoms with Gasteiger partial charge in [-0.25, -0.2) is 0 Å². The molecule has 0 aliphatic carbocycles. The molecule has 0 aromatic carbocycles. The maximum absolute atomic E-state index is 13.3. The molecule has 0 aromatic heterocycles. The Kier molecular flexibility index (Phi) is 7.59. The fourth-order valence-electron chi connectivity index (χ4n) is 1.75. The van der Waals surface area contributed by atoms with E-state index in [0.29, 0.717) is 0 Å². The number of hydrogen-bond acceptors (Lipinski definition) is 1. The minimum absolute atomic E-state index is 1.24. The summed E-state index contributed by atoms with van der Waals surface area (Å²) in [6.07, 6.45) is -8.08. The fraction of sp³-hybridized carbons (Fsp3) is 1.00. The van der Waals surface area contributed by atoms with Gasteiger partial charge in [-0.15, -0.1) is 0 Å². The van der Waals surface area contributed by atoms with Gasteiger partial charge in [-0.3, -0.25) is 0 Å². The van der Waals surface area contributed by atoms with Crippen molar-refractivity contribution in [2.24, 2.45) is 0 Å². The van der Waals surface area contributed by atoms with Crippen LogP contribution in [0.1, 0.15) is 0 Å². The minimum Gasteiger partial charge on any atom is -0.192 e. The van der Waals surface area contributed by atoms with E-state index < -0.39 is 64.7 Å². The van der Waals surface area contributed by atoms with Crippen LogP contribution in [0.3, 0.4) is 0 Å². The van der Waals surface area contributed by atoms with Crippen LogP contribution in [0.2, 0.25) is 0 Å². The highest BCUT2D eigenvalue weighted by atomic mass is 32.1. The molecule has 0 bridgehead atoms. The highest BCUT2D eigenvalue weighted by Crippen LogP contribution is 2.67. The smallest absolute Gasteiger partial charge is 0.192 e. The second kappa shape index (κ2) is 7.87. The lowest BCUT2D eigenvalue weighted by atomic mass is 9.86. The van der Waals surface area contributed by atoms with E-state index in [4.69, 9.17) is 0 Å². The Hall–Kier alpha value is -1.26. The summed E-state index contributed by atoms with van der Waals surface area (Å²) >= 11 is 1.24. The molecule has 212 valence electrons. The van der Waals surface area contributed by atoms with Crippen LogP contribution in [0.5, 0.6) is 0 Å². The summed E-state index contributed by atoms with van der Waals surface area (Å²) in [5.74, 6) is -80.6. The normalized spacial score (nSPS) is 17.1. The van der Waals surface area contributed by atoms with Crippen molar-refractivity contribution in [1.82, 2.24) is 0 Å². The van der Waals surface area contributed by atoms with E-state index in [1.165, 1.54) is 12.6 Å². The van der Waals surface area contributed by atoms with Gasteiger partial charge in [0.05, 0.1) is 0 Å². The van der Waals surface area contributed by atoms with E-state index in [1.807, 2.05) is 0 Å². The monoisotopic (exact) mass is 602 g/mol. The third-order valence-electron chi connectivity index (χ3n) is 3.89. The topological polar surface area (TPSA) is 0 Å². The summed E-state index contributed by atoms with van der Waals surface area (Å²) in [5.41, 5.74) is 0. The zero-order chi connectivity index (χ0) is 29.5. The summed E-state index contributed by atoms with van der Waals surface area (Å²) in [5, 5.41) is -6.92. The van der Waals surface area contributed by atoms with E-state index in [9.17, 15) is 101 Å². The molecule has 0 atom stereocenters. The minimum atomic E-state index is -9.37. The number of alkyl halides is 23. The van der Waals surface area contributed by atoms with Crippen LogP contribution in [-0.4, -0.2) is 64.7 Å². The second-order valence-electron chi connectivity index (χ2n) is 6.21. The van der Waals surface area contributed by atoms with Crippen LogP contribution in [0.25, 0.3) is 0 Å². The third-order valence-corrected chi connectivity index (χ3v) is 4.17. The first-order valence-electron chi connectivity index (χ1n) is 7.07. The van der Waals surface area contributed by atoms with Crippen LogP contribution >= 0.6 is 12.6 Å². The number of hydrogen-bond donors (Lipinski definition) is 1. The molecule has 35 heavy (non-hydrogen) atoms. The van der Waals surface area contributed by atoms with Crippen molar-refractivity contribution < 1.29 is 101 Å². The van der Waals surface area contributed by atoms with Gasteiger partial charge in [-0.05, 0) is 0 Å². The molecule has 0 rings (SSSR count). The SMILES string of the molecule is FC(F)(F)C(F)(F)C(F)(F)C(F)(F)C(F)(F)C(F)(F)C(F)(F)C(F)(F)C(F)(F)C(F)(F)C(F)(F)S. The van der Waals surface area contributed by atoms with Gasteiger partial charge >= 0.3 is 64.7 Å². The number of halogens is 23. The van der Waals surface area contributed by atoms with Crippen LogP contribution in [0.15, 0.2) is 0 Å². The van der Waals surface area contributed by atoms with Gasteiger partial charge in [0.2, 0.25) is 0 Å². The molecule has 0 saturated carbocycles. The Morgan fingerprint density at radius 2 is 0.371 bits per heavy atom. The Balaban J connectivity index is 7.15. The lowest BCUT2D eigenvalue weighted by Crippen LogP contribution is -2.77. The molecule has 0 aromatic rings. The average Bonchev–Trinajstić information content (AvgIpc) is 2.58. The number of thiol groups is 1. The van der Waals surface area contributed by atoms with Crippen molar-refractivity contribution >= 4 is 12.6 Å². The lowest BCUT2D eigenvalue weighted by Gasteiger charge is -2.44. The quantitative estimate of drug-likeness (QED) is 0.202. The van der Waals surface area contributed by atoms with Gasteiger partial charge in [-0.2, -0.15) is 101 Å². The second-order valence-corrected chi connectivity index (χ2v) is 6.77. The lowest BCUT2D eigenvalue weighted by molar-refractivity contribution is -0.476. The molecule has 0 fully saturated rings. The molecular formula is C11HF23S. The Labute approximate surface area is 179 Å². The first kappa shape index (κ1) is 33.7. The van der Waals surface area contributed by atoms with Crippen molar-refractivity contribution in [3.63, 3.8) is 0 Å². The van der Waals surface area contributed by atoms with Crippen molar-refractivity contribution in [3.8, 4) is 0 Å². The summed E-state index contributed by atoms with van der Waals surface area (Å²) in [6.45, 7) is 0. The molecule has 0 radical (unpaired) electrons. The molecule has 0 nitrogen and oxygen atoms in total. The Bertz CT molecular complexity index is 716. The van der Waals surface area contributed by atoms with Gasteiger partial charge in [-0.1, -0.05) is 12.6 Å². The van der Waals surface area contributed by atoms with Crippen LogP contribution in [0.4, 0.5) is 101 Å². The molecule has 0 aliphatic rings. The van der Waals surface area contributed by atoms with E-state index in [0.717, 1.165) is 0 Å². The van der Waals surface area contributed by atoms with Crippen molar-refractivity contribution in [1.29, 1.82) is 0 Å². The van der Waals surface area contributed by atoms with Gasteiger partial charge in [0.15, 0.2) is 0 Å². The molecule has 0 unspecified atom stereocenters. The Morgan fingerprint density at radius 1 is 0.229 bits per heavy atom. The van der Waals surface area contributed by atoms with E-state index in [-0.39, 0.29) is 0 Å². The number of rotatable bonds is 9. The standard InChI is InChI=1S/C11HF23S/c12-1(13,2(14,15)4(18,19)6(22,23)8(26,27)10(30,31)32)3(16,17)5(20,21)7(24,25)9(28,29)11(33,34)35/h35H. The summed E-state index contributed by atoms with van der Waals surface area (Å²) < 4.78 is 295. The van der Waals surface area contributed by atoms with Crippen molar-refractivity contribution in [3.05, 3.63) is 0 Å². The largest absolute Gasteiger partial charge is 0.460 e. The summed E-state index contributed by atoms with van der Waals surface area (Å²) in [4.78, 5) is 0. The van der Waals surface area contributed by atoms with E-state index in [2.05, 4.69) is 0 Å². The first-order valence-corrected chi connectivity index (χ1v) is 7.52. The van der Waals surface area contributed by atoms with Crippen LogP contribution < -0.4 is 0 Å². The van der Waals surface area contributed by atoms with E-state index >= 15 is 0 Å². The predicted molar refractivity (Wildman–Crippen MR) is 64.5 cm³/mol. The summed E-state index contributed by atoms with van der Waals surface area (Å²) in [7, 11) is 0. The maximum Gasteiger partial charge on any atom is 0.460 e. The van der Waals surface area contributed by atoms with Crippen LogP contribution in [0, 0.1) is 0 Å². The third kappa shape index (κ3) is 3.93. The predicted octanol–water partition coefficient (Wildman–Crippen LogP) is 7.79. The van der Waals surface area contributed by atoms with Crippen LogP contribution in [-0.2, 0) is 0 Å². The van der Waals surface area contributed by atoms with Gasteiger partial charge < -0.3 is 0 Å². The molecule has 0 N–H and O–H groups in total. The zero-order valence-electron chi connectivity index (χ0n) is 14.6. The summed E-state index contributed by atoms with van der Waals surface area (Å²) in [6, 6.07) is 0. The maximum atomic E-state index is 13.3. The molecule has 0 heterocycles. The van der Waals surface area contributed by atoms with Gasteiger partial charge in [0, 0.05) is 0 Å². The zero-order valence-corrected chi connectivity index (χ0v) is 15.5. The van der Waals surface area contributed by atoms with E-state index in [1.54, 1.807) is 0 Å². The highest BCUT2D eigenvalue weighted by molar-refractivity contribution is 7.81. The molecular weight excluding hydrogens is 601 g/mol. The van der Waals surface area contributed by atoms with Gasteiger partial charge in [0.1, 0.15) is 0 Å².